The molecule has 0 bridgehead atoms. The van der Waals surface area contributed by atoms with E-state index in [0.29, 0.717) is 17.8 Å². The third-order valence-corrected chi connectivity index (χ3v) is 3.84. The van der Waals surface area contributed by atoms with Gasteiger partial charge in [-0.3, -0.25) is 4.79 Å². The van der Waals surface area contributed by atoms with Gasteiger partial charge in [-0.15, -0.1) is 0 Å². The molecule has 102 valence electrons. The van der Waals surface area contributed by atoms with Gasteiger partial charge in [0.05, 0.1) is 6.04 Å². The average Bonchev–Trinajstić information content (AvgIpc) is 2.24. The molecule has 0 heterocycles. The van der Waals surface area contributed by atoms with Crippen molar-refractivity contribution in [3.8, 4) is 0 Å². The molecule has 0 fully saturated rings. The molecule has 0 aliphatic rings. The number of nitrogens with two attached hydrogens (primary N) is 1. The van der Waals surface area contributed by atoms with Crippen LogP contribution in [-0.2, 0) is 4.79 Å². The Bertz CT molecular complexity index is 211. The molecule has 3 nitrogen and oxygen atoms in total. The number of hydrogen-bond acceptors (Lipinski definition) is 3. The van der Waals surface area contributed by atoms with E-state index >= 15 is 0 Å². The Morgan fingerprint density at radius 3 is 2.18 bits per heavy atom. The van der Waals surface area contributed by atoms with Crippen LogP contribution in [0.15, 0.2) is 0 Å². The Morgan fingerprint density at radius 1 is 1.24 bits per heavy atom. The number of rotatable bonds is 8. The minimum absolute atomic E-state index is 0.00894. The van der Waals surface area contributed by atoms with Crippen molar-refractivity contribution >= 4 is 17.7 Å². The smallest absolute Gasteiger partial charge is 0.236 e. The summed E-state index contributed by atoms with van der Waals surface area (Å²) in [6, 6.07) is -0.359. The van der Waals surface area contributed by atoms with Gasteiger partial charge in [-0.1, -0.05) is 27.7 Å². The first-order valence-corrected chi connectivity index (χ1v) is 7.81. The summed E-state index contributed by atoms with van der Waals surface area (Å²) in [6.45, 7) is 9.53. The second kappa shape index (κ2) is 8.81. The summed E-state index contributed by atoms with van der Waals surface area (Å²) in [5.74, 6) is 2.61. The van der Waals surface area contributed by atoms with E-state index in [-0.39, 0.29) is 11.9 Å². The number of carbonyl (C=O) groups is 1. The van der Waals surface area contributed by atoms with Gasteiger partial charge in [-0.25, -0.2) is 0 Å². The summed E-state index contributed by atoms with van der Waals surface area (Å²) in [5.41, 5.74) is 5.82. The maximum Gasteiger partial charge on any atom is 0.236 e. The molecular weight excluding hydrogens is 232 g/mol. The summed E-state index contributed by atoms with van der Waals surface area (Å²) < 4.78 is 0. The first kappa shape index (κ1) is 16.8. The first-order chi connectivity index (χ1) is 7.90. The predicted molar refractivity (Wildman–Crippen MR) is 77.2 cm³/mol. The number of nitrogens with one attached hydrogen (secondary N) is 1. The molecule has 0 aromatic carbocycles. The lowest BCUT2D eigenvalue weighted by molar-refractivity contribution is -0.122. The largest absolute Gasteiger partial charge is 0.354 e. The van der Waals surface area contributed by atoms with Crippen molar-refractivity contribution in [1.82, 2.24) is 5.32 Å². The van der Waals surface area contributed by atoms with Crippen LogP contribution in [0.2, 0.25) is 0 Å². The van der Waals surface area contributed by atoms with Crippen LogP contribution >= 0.6 is 11.8 Å². The highest BCUT2D eigenvalue weighted by atomic mass is 32.2. The molecule has 0 aromatic rings. The molecule has 0 rings (SSSR count). The second-order valence-electron chi connectivity index (χ2n) is 5.29. The SMILES string of the molecule is CSCC[C@H](N)C(=O)NCC(C(C)C)C(C)C. The maximum absolute atomic E-state index is 11.8. The topological polar surface area (TPSA) is 55.1 Å². The van der Waals surface area contributed by atoms with Crippen molar-refractivity contribution in [2.24, 2.45) is 23.5 Å². The maximum atomic E-state index is 11.8. The molecule has 1 amide bonds. The summed E-state index contributed by atoms with van der Waals surface area (Å²) in [4.78, 5) is 11.8. The monoisotopic (exact) mass is 260 g/mol. The Hall–Kier alpha value is -0.220. The van der Waals surface area contributed by atoms with Crippen molar-refractivity contribution in [3.63, 3.8) is 0 Å². The minimum Gasteiger partial charge on any atom is -0.354 e. The molecule has 0 saturated carbocycles. The van der Waals surface area contributed by atoms with E-state index in [1.54, 1.807) is 11.8 Å². The third kappa shape index (κ3) is 6.94. The Morgan fingerprint density at radius 2 is 1.76 bits per heavy atom. The molecule has 1 atom stereocenters. The van der Waals surface area contributed by atoms with Gasteiger partial charge in [0.1, 0.15) is 0 Å². The van der Waals surface area contributed by atoms with Crippen LogP contribution in [0.1, 0.15) is 34.1 Å². The van der Waals surface area contributed by atoms with Gasteiger partial charge in [-0.05, 0) is 36.2 Å². The summed E-state index contributed by atoms with van der Waals surface area (Å²) in [6.07, 6.45) is 2.78. The molecule has 3 N–H and O–H groups in total. The Labute approximate surface area is 110 Å². The van der Waals surface area contributed by atoms with Crippen molar-refractivity contribution < 1.29 is 4.79 Å². The molecule has 0 aliphatic heterocycles. The van der Waals surface area contributed by atoms with Crippen LogP contribution in [0.5, 0.6) is 0 Å². The lowest BCUT2D eigenvalue weighted by atomic mass is 9.85. The Kier molecular flexibility index (Phi) is 8.70. The number of amides is 1. The fourth-order valence-corrected chi connectivity index (χ4v) is 2.46. The average molecular weight is 260 g/mol. The van der Waals surface area contributed by atoms with Crippen LogP contribution in [0, 0.1) is 17.8 Å². The van der Waals surface area contributed by atoms with E-state index in [1.807, 2.05) is 6.26 Å². The molecular formula is C13H28N2OS. The minimum atomic E-state index is -0.359. The highest BCUT2D eigenvalue weighted by Gasteiger charge is 2.20. The zero-order valence-electron chi connectivity index (χ0n) is 11.8. The zero-order chi connectivity index (χ0) is 13.4. The normalized spacial score (nSPS) is 13.5. The number of carbonyl (C=O) groups excluding carboxylic acids is 1. The quantitative estimate of drug-likeness (QED) is 0.703. The zero-order valence-corrected chi connectivity index (χ0v) is 12.6. The van der Waals surface area contributed by atoms with E-state index in [4.69, 9.17) is 5.73 Å². The lowest BCUT2D eigenvalue weighted by Crippen LogP contribution is -2.44. The summed E-state index contributed by atoms with van der Waals surface area (Å²) >= 11 is 1.72. The lowest BCUT2D eigenvalue weighted by Gasteiger charge is -2.25. The Balaban J connectivity index is 4.03. The van der Waals surface area contributed by atoms with Crippen LogP contribution in [0.3, 0.4) is 0 Å². The van der Waals surface area contributed by atoms with Crippen LogP contribution in [0.25, 0.3) is 0 Å². The van der Waals surface area contributed by atoms with Gasteiger partial charge in [0.2, 0.25) is 5.91 Å². The van der Waals surface area contributed by atoms with Gasteiger partial charge in [0.15, 0.2) is 0 Å². The van der Waals surface area contributed by atoms with Crippen molar-refractivity contribution in [2.75, 3.05) is 18.6 Å². The van der Waals surface area contributed by atoms with E-state index in [1.165, 1.54) is 0 Å². The molecule has 4 heteroatoms. The summed E-state index contributed by atoms with van der Waals surface area (Å²) in [7, 11) is 0. The second-order valence-corrected chi connectivity index (χ2v) is 6.27. The summed E-state index contributed by atoms with van der Waals surface area (Å²) in [5, 5.41) is 2.98. The molecule has 17 heavy (non-hydrogen) atoms. The number of hydrogen-bond donors (Lipinski definition) is 2. The highest BCUT2D eigenvalue weighted by Crippen LogP contribution is 2.19. The van der Waals surface area contributed by atoms with Crippen LogP contribution in [0.4, 0.5) is 0 Å². The van der Waals surface area contributed by atoms with Crippen molar-refractivity contribution in [3.05, 3.63) is 0 Å². The molecule has 0 unspecified atom stereocenters. The molecule has 0 spiro atoms. The number of thioether (sulfide) groups is 1. The molecule has 0 radical (unpaired) electrons. The van der Waals surface area contributed by atoms with Gasteiger partial charge < -0.3 is 11.1 Å². The van der Waals surface area contributed by atoms with Crippen molar-refractivity contribution in [2.45, 2.75) is 40.2 Å². The fraction of sp³-hybridized carbons (Fsp3) is 0.923. The molecule has 0 aliphatic carbocycles. The standard InChI is InChI=1S/C13H28N2OS/c1-9(2)11(10(3)4)8-15-13(16)12(14)6-7-17-5/h9-12H,6-8,14H2,1-5H3,(H,15,16)/t12-/m0/s1. The third-order valence-electron chi connectivity index (χ3n) is 3.19. The first-order valence-electron chi connectivity index (χ1n) is 6.42. The van der Waals surface area contributed by atoms with E-state index < -0.39 is 0 Å². The van der Waals surface area contributed by atoms with E-state index in [9.17, 15) is 4.79 Å². The highest BCUT2D eigenvalue weighted by molar-refractivity contribution is 7.98. The van der Waals surface area contributed by atoms with Crippen LogP contribution < -0.4 is 11.1 Å². The van der Waals surface area contributed by atoms with Gasteiger partial charge >= 0.3 is 0 Å². The fourth-order valence-electron chi connectivity index (χ4n) is 1.97. The van der Waals surface area contributed by atoms with E-state index in [0.717, 1.165) is 18.7 Å². The van der Waals surface area contributed by atoms with Crippen LogP contribution in [-0.4, -0.2) is 30.5 Å². The molecule has 0 aromatic heterocycles. The van der Waals surface area contributed by atoms with E-state index in [2.05, 4.69) is 33.0 Å². The van der Waals surface area contributed by atoms with Gasteiger partial charge in [-0.2, -0.15) is 11.8 Å². The predicted octanol–water partition coefficient (Wildman–Crippen LogP) is 2.11. The van der Waals surface area contributed by atoms with Gasteiger partial charge in [0, 0.05) is 6.54 Å². The van der Waals surface area contributed by atoms with Gasteiger partial charge in [0.25, 0.3) is 0 Å². The molecule has 0 saturated heterocycles. The van der Waals surface area contributed by atoms with Crippen molar-refractivity contribution in [1.29, 1.82) is 0 Å².